The molecule has 2 N–H and O–H groups in total. The van der Waals surface area contributed by atoms with Crippen molar-refractivity contribution in [2.24, 2.45) is 0 Å². The number of rotatable bonds is 5. The summed E-state index contributed by atoms with van der Waals surface area (Å²) >= 11 is 5.67. The molecule has 0 bridgehead atoms. The summed E-state index contributed by atoms with van der Waals surface area (Å²) in [5, 5.41) is 5.80. The van der Waals surface area contributed by atoms with Gasteiger partial charge in [-0.25, -0.2) is 9.97 Å². The molecular weight excluding hydrogens is 329 g/mol. The van der Waals surface area contributed by atoms with E-state index in [9.17, 15) is 13.2 Å². The van der Waals surface area contributed by atoms with Crippen LogP contribution in [0.4, 0.5) is 30.5 Å². The van der Waals surface area contributed by atoms with Crippen molar-refractivity contribution < 1.29 is 13.2 Å². The molecule has 124 valence electrons. The molecule has 4 nitrogen and oxygen atoms in total. The Kier molecular flexibility index (Phi) is 5.30. The highest BCUT2D eigenvalue weighted by atomic mass is 35.5. The molecule has 2 aromatic rings. The molecule has 0 aliphatic carbocycles. The van der Waals surface area contributed by atoms with Crippen LogP contribution in [0.1, 0.15) is 24.7 Å². The van der Waals surface area contributed by atoms with E-state index in [0.717, 1.165) is 12.5 Å². The minimum Gasteiger partial charge on any atom is -0.370 e. The monoisotopic (exact) mass is 344 g/mol. The summed E-state index contributed by atoms with van der Waals surface area (Å²) in [6.45, 7) is 4.39. The summed E-state index contributed by atoms with van der Waals surface area (Å²) in [5.41, 5.74) is -0.953. The highest BCUT2D eigenvalue weighted by molar-refractivity contribution is 6.30. The van der Waals surface area contributed by atoms with Crippen LogP contribution < -0.4 is 10.6 Å². The van der Waals surface area contributed by atoms with Crippen molar-refractivity contribution in [3.63, 3.8) is 0 Å². The molecule has 1 aromatic carbocycles. The van der Waals surface area contributed by atoms with Gasteiger partial charge in [0, 0.05) is 17.6 Å². The van der Waals surface area contributed by atoms with Gasteiger partial charge < -0.3 is 10.6 Å². The quantitative estimate of drug-likeness (QED) is 0.799. The Balaban J connectivity index is 2.34. The number of anilines is 3. The first-order chi connectivity index (χ1) is 10.8. The number of alkyl halides is 3. The number of benzene rings is 1. The van der Waals surface area contributed by atoms with Crippen molar-refractivity contribution in [2.75, 3.05) is 17.2 Å². The highest BCUT2D eigenvalue weighted by Crippen LogP contribution is 2.37. The summed E-state index contributed by atoms with van der Waals surface area (Å²) in [5.74, 6) is 1.30. The van der Waals surface area contributed by atoms with Gasteiger partial charge in [0.2, 0.25) is 0 Å². The Labute approximate surface area is 137 Å². The summed E-state index contributed by atoms with van der Waals surface area (Å²) in [4.78, 5) is 8.31. The van der Waals surface area contributed by atoms with Gasteiger partial charge in [0.1, 0.15) is 17.5 Å². The number of aryl methyl sites for hydroxylation is 1. The van der Waals surface area contributed by atoms with Crippen molar-refractivity contribution in [3.8, 4) is 0 Å². The van der Waals surface area contributed by atoms with Crippen LogP contribution in [0.3, 0.4) is 0 Å². The van der Waals surface area contributed by atoms with Crippen LogP contribution >= 0.6 is 11.6 Å². The number of aromatic nitrogens is 2. The Morgan fingerprint density at radius 3 is 2.48 bits per heavy atom. The maximum Gasteiger partial charge on any atom is 0.418 e. The average molecular weight is 345 g/mol. The van der Waals surface area contributed by atoms with E-state index in [1.807, 2.05) is 6.92 Å². The molecule has 1 aromatic heterocycles. The minimum absolute atomic E-state index is 0.0204. The lowest BCUT2D eigenvalue weighted by molar-refractivity contribution is -0.136. The average Bonchev–Trinajstić information content (AvgIpc) is 2.45. The molecule has 0 amide bonds. The van der Waals surface area contributed by atoms with Gasteiger partial charge in [0.05, 0.1) is 11.3 Å². The van der Waals surface area contributed by atoms with Crippen molar-refractivity contribution in [1.29, 1.82) is 0 Å². The molecule has 1 heterocycles. The molecule has 0 atom stereocenters. The Morgan fingerprint density at radius 1 is 1.13 bits per heavy atom. The van der Waals surface area contributed by atoms with Gasteiger partial charge in [-0.1, -0.05) is 18.5 Å². The van der Waals surface area contributed by atoms with E-state index in [0.29, 0.717) is 18.2 Å². The molecule has 0 aliphatic heterocycles. The molecule has 2 rings (SSSR count). The van der Waals surface area contributed by atoms with E-state index in [4.69, 9.17) is 11.6 Å². The summed E-state index contributed by atoms with van der Waals surface area (Å²) in [6, 6.07) is 5.12. The first kappa shape index (κ1) is 17.3. The predicted molar refractivity (Wildman–Crippen MR) is 85.3 cm³/mol. The molecule has 0 saturated carbocycles. The van der Waals surface area contributed by atoms with E-state index in [2.05, 4.69) is 20.6 Å². The third-order valence-corrected chi connectivity index (χ3v) is 3.18. The lowest BCUT2D eigenvalue weighted by Gasteiger charge is -2.15. The third-order valence-electron chi connectivity index (χ3n) is 2.94. The van der Waals surface area contributed by atoms with E-state index in [1.54, 1.807) is 13.0 Å². The molecule has 0 spiro atoms. The molecule has 23 heavy (non-hydrogen) atoms. The second-order valence-corrected chi connectivity index (χ2v) is 5.36. The maximum atomic E-state index is 13.1. The second-order valence-electron chi connectivity index (χ2n) is 4.93. The number of nitrogens with one attached hydrogen (secondary N) is 2. The van der Waals surface area contributed by atoms with Gasteiger partial charge in [-0.3, -0.25) is 0 Å². The van der Waals surface area contributed by atoms with Gasteiger partial charge in [0.15, 0.2) is 0 Å². The molecule has 0 fully saturated rings. The fourth-order valence-corrected chi connectivity index (χ4v) is 2.15. The number of hydrogen-bond acceptors (Lipinski definition) is 4. The van der Waals surface area contributed by atoms with Crippen LogP contribution in [0.25, 0.3) is 0 Å². The third kappa shape index (κ3) is 4.72. The standard InChI is InChI=1S/C15H16ClF3N4/c1-3-6-20-13-8-14(22-9(2)21-13)23-12-5-4-10(16)7-11(12)15(17,18)19/h4-5,7-8H,3,6H2,1-2H3,(H2,20,21,22,23). The molecule has 0 aliphatic rings. The summed E-state index contributed by atoms with van der Waals surface area (Å²) in [7, 11) is 0. The largest absolute Gasteiger partial charge is 0.418 e. The Hall–Kier alpha value is -2.02. The van der Waals surface area contributed by atoms with Gasteiger partial charge in [-0.05, 0) is 31.5 Å². The van der Waals surface area contributed by atoms with Gasteiger partial charge in [0.25, 0.3) is 0 Å². The molecular formula is C15H16ClF3N4. The van der Waals surface area contributed by atoms with Crippen LogP contribution in [0.15, 0.2) is 24.3 Å². The van der Waals surface area contributed by atoms with Crippen LogP contribution in [0.5, 0.6) is 0 Å². The molecule has 0 saturated heterocycles. The van der Waals surface area contributed by atoms with E-state index >= 15 is 0 Å². The van der Waals surface area contributed by atoms with Crippen molar-refractivity contribution >= 4 is 28.9 Å². The maximum absolute atomic E-state index is 13.1. The van der Waals surface area contributed by atoms with Gasteiger partial charge in [-0.2, -0.15) is 13.2 Å². The minimum atomic E-state index is -4.52. The van der Waals surface area contributed by atoms with Crippen LogP contribution in [-0.4, -0.2) is 16.5 Å². The van der Waals surface area contributed by atoms with Gasteiger partial charge >= 0.3 is 6.18 Å². The lowest BCUT2D eigenvalue weighted by Crippen LogP contribution is -2.10. The number of nitrogens with zero attached hydrogens (tertiary/aromatic N) is 2. The second kappa shape index (κ2) is 7.04. The van der Waals surface area contributed by atoms with Crippen molar-refractivity contribution in [3.05, 3.63) is 40.7 Å². The molecule has 8 heteroatoms. The first-order valence-corrected chi connectivity index (χ1v) is 7.40. The zero-order chi connectivity index (χ0) is 17.0. The van der Waals surface area contributed by atoms with Crippen molar-refractivity contribution in [2.45, 2.75) is 26.4 Å². The first-order valence-electron chi connectivity index (χ1n) is 7.03. The molecule has 0 unspecified atom stereocenters. The van der Waals surface area contributed by atoms with Crippen LogP contribution in [-0.2, 0) is 6.18 Å². The lowest BCUT2D eigenvalue weighted by atomic mass is 10.1. The summed E-state index contributed by atoms with van der Waals surface area (Å²) in [6.07, 6.45) is -3.61. The summed E-state index contributed by atoms with van der Waals surface area (Å²) < 4.78 is 39.3. The van der Waals surface area contributed by atoms with Crippen LogP contribution in [0.2, 0.25) is 5.02 Å². The van der Waals surface area contributed by atoms with E-state index < -0.39 is 11.7 Å². The smallest absolute Gasteiger partial charge is 0.370 e. The van der Waals surface area contributed by atoms with Crippen molar-refractivity contribution in [1.82, 2.24) is 9.97 Å². The van der Waals surface area contributed by atoms with E-state index in [-0.39, 0.29) is 16.5 Å². The fourth-order valence-electron chi connectivity index (χ4n) is 1.97. The molecule has 0 radical (unpaired) electrons. The predicted octanol–water partition coefficient (Wildman–Crippen LogP) is 5.02. The normalized spacial score (nSPS) is 11.4. The Bertz CT molecular complexity index is 689. The zero-order valence-corrected chi connectivity index (χ0v) is 13.4. The van der Waals surface area contributed by atoms with E-state index in [1.165, 1.54) is 12.1 Å². The number of halogens is 4. The fraction of sp³-hybridized carbons (Fsp3) is 0.333. The van der Waals surface area contributed by atoms with Crippen LogP contribution in [0, 0.1) is 6.92 Å². The topological polar surface area (TPSA) is 49.8 Å². The van der Waals surface area contributed by atoms with Gasteiger partial charge in [-0.15, -0.1) is 0 Å². The zero-order valence-electron chi connectivity index (χ0n) is 12.6. The SMILES string of the molecule is CCCNc1cc(Nc2ccc(Cl)cc2C(F)(F)F)nc(C)n1. The number of hydrogen-bond donors (Lipinski definition) is 2. The highest BCUT2D eigenvalue weighted by Gasteiger charge is 2.34. The Morgan fingerprint density at radius 2 is 1.83 bits per heavy atom.